The minimum Gasteiger partial charge on any atom is -0.493 e. The highest BCUT2D eigenvalue weighted by molar-refractivity contribution is 9.10. The average molecular weight is 448 g/mol. The third-order valence-corrected chi connectivity index (χ3v) is 5.81. The smallest absolute Gasteiger partial charge is 0.339 e. The van der Waals surface area contributed by atoms with Crippen LogP contribution in [0.3, 0.4) is 0 Å². The highest BCUT2D eigenvalue weighted by Gasteiger charge is 2.17. The lowest BCUT2D eigenvalue weighted by molar-refractivity contribution is 0.0358. The monoisotopic (exact) mass is 447 g/mol. The van der Waals surface area contributed by atoms with Crippen LogP contribution in [0.1, 0.15) is 22.3 Å². The zero-order chi connectivity index (χ0) is 19.9. The van der Waals surface area contributed by atoms with Crippen LogP contribution in [0.5, 0.6) is 5.75 Å². The van der Waals surface area contributed by atoms with E-state index in [1.54, 1.807) is 6.07 Å². The van der Waals surface area contributed by atoms with Crippen molar-refractivity contribution in [3.05, 3.63) is 52.0 Å². The fourth-order valence-corrected chi connectivity index (χ4v) is 4.01. The summed E-state index contributed by atoms with van der Waals surface area (Å²) in [6, 6.07) is 11.6. The molecule has 150 valence electrons. The van der Waals surface area contributed by atoms with E-state index < -0.39 is 0 Å². The lowest BCUT2D eigenvalue weighted by Crippen LogP contribution is -2.37. The number of rotatable bonds is 7. The number of morpholine rings is 1. The minimum absolute atomic E-state index is 0.359. The fraction of sp³-hybridized carbons (Fsp3) is 0.409. The number of esters is 1. The van der Waals surface area contributed by atoms with Crippen molar-refractivity contribution in [3.8, 4) is 16.9 Å². The molecule has 0 amide bonds. The summed E-state index contributed by atoms with van der Waals surface area (Å²) in [5.41, 5.74) is 3.54. The number of benzene rings is 2. The SMILES string of the molecule is COC(=O)c1cccc(-c2cccc(OCCCN3CCOCC3)c2C)c1Br. The predicted molar refractivity (Wildman–Crippen MR) is 113 cm³/mol. The maximum absolute atomic E-state index is 12.0. The molecule has 1 aliphatic heterocycles. The summed E-state index contributed by atoms with van der Waals surface area (Å²) in [4.78, 5) is 14.4. The summed E-state index contributed by atoms with van der Waals surface area (Å²) in [6.07, 6.45) is 0.977. The highest BCUT2D eigenvalue weighted by atomic mass is 79.9. The number of carbonyl (C=O) groups is 1. The Kier molecular flexibility index (Phi) is 7.48. The number of hydrogen-bond acceptors (Lipinski definition) is 5. The quantitative estimate of drug-likeness (QED) is 0.467. The van der Waals surface area contributed by atoms with Gasteiger partial charge in [0.15, 0.2) is 0 Å². The number of carbonyl (C=O) groups excluding carboxylic acids is 1. The van der Waals surface area contributed by atoms with E-state index in [1.807, 2.05) is 37.3 Å². The molecule has 2 aromatic carbocycles. The Morgan fingerprint density at radius 3 is 2.61 bits per heavy atom. The van der Waals surface area contributed by atoms with Crippen molar-refractivity contribution in [2.75, 3.05) is 46.6 Å². The molecule has 0 saturated carbocycles. The zero-order valence-electron chi connectivity index (χ0n) is 16.4. The van der Waals surface area contributed by atoms with Gasteiger partial charge in [0.25, 0.3) is 0 Å². The molecule has 0 atom stereocenters. The topological polar surface area (TPSA) is 48.0 Å². The van der Waals surface area contributed by atoms with Crippen molar-refractivity contribution in [2.24, 2.45) is 0 Å². The van der Waals surface area contributed by atoms with Gasteiger partial charge in [-0.1, -0.05) is 24.3 Å². The summed E-state index contributed by atoms with van der Waals surface area (Å²) < 4.78 is 17.0. The lowest BCUT2D eigenvalue weighted by atomic mass is 9.98. The van der Waals surface area contributed by atoms with E-state index in [-0.39, 0.29) is 5.97 Å². The van der Waals surface area contributed by atoms with Gasteiger partial charge in [-0.15, -0.1) is 0 Å². The Morgan fingerprint density at radius 2 is 1.86 bits per heavy atom. The van der Waals surface area contributed by atoms with E-state index in [0.29, 0.717) is 12.2 Å². The predicted octanol–water partition coefficient (Wildman–Crippen LogP) is 4.31. The van der Waals surface area contributed by atoms with Crippen molar-refractivity contribution < 1.29 is 19.0 Å². The van der Waals surface area contributed by atoms with Gasteiger partial charge in [-0.05, 0) is 58.1 Å². The molecule has 3 rings (SSSR count). The summed E-state index contributed by atoms with van der Waals surface area (Å²) >= 11 is 3.57. The lowest BCUT2D eigenvalue weighted by Gasteiger charge is -2.26. The van der Waals surface area contributed by atoms with Crippen LogP contribution in [0.2, 0.25) is 0 Å². The van der Waals surface area contributed by atoms with Crippen molar-refractivity contribution in [1.29, 1.82) is 0 Å². The van der Waals surface area contributed by atoms with Crippen molar-refractivity contribution in [3.63, 3.8) is 0 Å². The number of nitrogens with zero attached hydrogens (tertiary/aromatic N) is 1. The molecule has 1 aliphatic rings. The van der Waals surface area contributed by atoms with E-state index >= 15 is 0 Å². The van der Waals surface area contributed by atoms with Gasteiger partial charge in [-0.3, -0.25) is 4.90 Å². The van der Waals surface area contributed by atoms with E-state index in [0.717, 1.165) is 66.2 Å². The molecule has 5 nitrogen and oxygen atoms in total. The molecule has 0 bridgehead atoms. The maximum atomic E-state index is 12.0. The molecule has 1 heterocycles. The first-order valence-corrected chi connectivity index (χ1v) is 10.3. The molecule has 0 aliphatic carbocycles. The summed E-state index contributed by atoms with van der Waals surface area (Å²) in [5, 5.41) is 0. The molecule has 1 fully saturated rings. The standard InChI is InChI=1S/C22H26BrNO4/c1-16-17(18-7-3-8-19(21(18)23)22(25)26-2)6-4-9-20(16)28-13-5-10-24-11-14-27-15-12-24/h3-4,6-9H,5,10-15H2,1-2H3. The van der Waals surface area contributed by atoms with Crippen LogP contribution in [-0.2, 0) is 9.47 Å². The Hall–Kier alpha value is -1.89. The normalized spacial score (nSPS) is 14.7. The number of ether oxygens (including phenoxy) is 3. The number of hydrogen-bond donors (Lipinski definition) is 0. The molecule has 0 unspecified atom stereocenters. The second-order valence-electron chi connectivity index (χ2n) is 6.74. The second-order valence-corrected chi connectivity index (χ2v) is 7.54. The molecule has 0 aromatic heterocycles. The van der Waals surface area contributed by atoms with Gasteiger partial charge >= 0.3 is 5.97 Å². The molecule has 2 aromatic rings. The summed E-state index contributed by atoms with van der Waals surface area (Å²) in [6.45, 7) is 7.38. The van der Waals surface area contributed by atoms with Gasteiger partial charge in [-0.2, -0.15) is 0 Å². The van der Waals surface area contributed by atoms with Crippen LogP contribution in [0.25, 0.3) is 11.1 Å². The zero-order valence-corrected chi connectivity index (χ0v) is 18.0. The van der Waals surface area contributed by atoms with Crippen molar-refractivity contribution in [2.45, 2.75) is 13.3 Å². The first kappa shape index (κ1) is 20.8. The van der Waals surface area contributed by atoms with Crippen LogP contribution in [0, 0.1) is 6.92 Å². The second kappa shape index (κ2) is 10.0. The molecule has 0 N–H and O–H groups in total. The molecule has 28 heavy (non-hydrogen) atoms. The molecular formula is C22H26BrNO4. The molecule has 1 saturated heterocycles. The van der Waals surface area contributed by atoms with E-state index in [4.69, 9.17) is 14.2 Å². The van der Waals surface area contributed by atoms with Gasteiger partial charge in [0, 0.05) is 24.1 Å². The Morgan fingerprint density at radius 1 is 1.14 bits per heavy atom. The average Bonchev–Trinajstić information content (AvgIpc) is 2.73. The van der Waals surface area contributed by atoms with Gasteiger partial charge in [0.2, 0.25) is 0 Å². The minimum atomic E-state index is -0.359. The first-order chi connectivity index (χ1) is 13.6. The van der Waals surface area contributed by atoms with Gasteiger partial charge in [0.05, 0.1) is 32.5 Å². The van der Waals surface area contributed by atoms with Crippen LogP contribution < -0.4 is 4.74 Å². The van der Waals surface area contributed by atoms with E-state index in [9.17, 15) is 4.79 Å². The van der Waals surface area contributed by atoms with Gasteiger partial charge in [-0.25, -0.2) is 4.79 Å². The molecule has 0 radical (unpaired) electrons. The molecule has 0 spiro atoms. The van der Waals surface area contributed by atoms with Crippen molar-refractivity contribution in [1.82, 2.24) is 4.90 Å². The molecular weight excluding hydrogens is 422 g/mol. The van der Waals surface area contributed by atoms with Gasteiger partial charge in [0.1, 0.15) is 5.75 Å². The summed E-state index contributed by atoms with van der Waals surface area (Å²) in [5.74, 6) is 0.511. The Bertz CT molecular complexity index is 818. The van der Waals surface area contributed by atoms with Crippen molar-refractivity contribution >= 4 is 21.9 Å². The third-order valence-electron chi connectivity index (χ3n) is 4.96. The Labute approximate surface area is 174 Å². The van der Waals surface area contributed by atoms with Crippen LogP contribution in [-0.4, -0.2) is 57.4 Å². The van der Waals surface area contributed by atoms with Gasteiger partial charge < -0.3 is 14.2 Å². The first-order valence-electron chi connectivity index (χ1n) is 9.51. The fourth-order valence-electron chi connectivity index (χ4n) is 3.37. The third kappa shape index (κ3) is 4.93. The van der Waals surface area contributed by atoms with Crippen LogP contribution >= 0.6 is 15.9 Å². The van der Waals surface area contributed by atoms with Crippen LogP contribution in [0.15, 0.2) is 40.9 Å². The van der Waals surface area contributed by atoms with E-state index in [1.165, 1.54) is 7.11 Å². The number of methoxy groups -OCH3 is 1. The number of halogens is 1. The Balaban J connectivity index is 1.70. The van der Waals surface area contributed by atoms with Crippen LogP contribution in [0.4, 0.5) is 0 Å². The largest absolute Gasteiger partial charge is 0.493 e. The van der Waals surface area contributed by atoms with E-state index in [2.05, 4.69) is 20.8 Å². The summed E-state index contributed by atoms with van der Waals surface area (Å²) in [7, 11) is 1.39. The maximum Gasteiger partial charge on any atom is 0.339 e. The highest BCUT2D eigenvalue weighted by Crippen LogP contribution is 2.36. The molecule has 6 heteroatoms.